The smallest absolute Gasteiger partial charge is 0.377 e. The molecular formula is C25H25F3N8O2. The van der Waals surface area contributed by atoms with Crippen LogP contribution in [0.15, 0.2) is 36.9 Å². The molecule has 2 N–H and O–H groups in total. The first-order valence-electron chi connectivity index (χ1n) is 11.6. The molecular weight excluding hydrogens is 501 g/mol. The first kappa shape index (κ1) is 26.7. The molecule has 0 radical (unpaired) electrons. The summed E-state index contributed by atoms with van der Waals surface area (Å²) in [6.07, 6.45) is -0.0579. The van der Waals surface area contributed by atoms with Gasteiger partial charge in [0.2, 0.25) is 0 Å². The number of hydrogen-bond donors (Lipinski definition) is 2. The summed E-state index contributed by atoms with van der Waals surface area (Å²) in [5, 5.41) is 14.9. The average molecular weight is 527 g/mol. The fourth-order valence-corrected chi connectivity index (χ4v) is 3.83. The number of anilines is 3. The van der Waals surface area contributed by atoms with Gasteiger partial charge in [-0.15, -0.1) is 0 Å². The van der Waals surface area contributed by atoms with Crippen LogP contribution in [0.3, 0.4) is 0 Å². The van der Waals surface area contributed by atoms with E-state index < -0.39 is 22.9 Å². The molecule has 13 heteroatoms. The lowest BCUT2D eigenvalue weighted by Gasteiger charge is -2.31. The van der Waals surface area contributed by atoms with Crippen LogP contribution in [0.4, 0.5) is 30.5 Å². The number of benzene rings is 1. The third-order valence-electron chi connectivity index (χ3n) is 6.16. The van der Waals surface area contributed by atoms with Gasteiger partial charge in [0.25, 0.3) is 5.91 Å². The van der Waals surface area contributed by atoms with E-state index in [1.807, 2.05) is 13.8 Å². The maximum Gasteiger partial charge on any atom is 0.417 e. The van der Waals surface area contributed by atoms with Crippen molar-refractivity contribution in [3.63, 3.8) is 0 Å². The summed E-state index contributed by atoms with van der Waals surface area (Å²) in [7, 11) is 1.56. The van der Waals surface area contributed by atoms with E-state index in [0.29, 0.717) is 42.5 Å². The maximum absolute atomic E-state index is 13.4. The number of aromatic nitrogens is 4. The number of carbonyl (C=O) groups excluding carboxylic acids is 1. The fourth-order valence-electron chi connectivity index (χ4n) is 3.83. The molecule has 3 heterocycles. The topological polar surface area (TPSA) is 129 Å². The van der Waals surface area contributed by atoms with E-state index in [4.69, 9.17) is 10.00 Å². The lowest BCUT2D eigenvalue weighted by molar-refractivity contribution is -0.137. The summed E-state index contributed by atoms with van der Waals surface area (Å²) in [5.74, 6) is 0.480. The minimum absolute atomic E-state index is 0.142. The molecule has 1 aliphatic rings. The van der Waals surface area contributed by atoms with Crippen molar-refractivity contribution < 1.29 is 22.7 Å². The largest absolute Gasteiger partial charge is 0.417 e. The fraction of sp³-hybridized carbons (Fsp3) is 0.360. The number of amides is 1. The van der Waals surface area contributed by atoms with E-state index in [2.05, 4.69) is 30.6 Å². The molecule has 0 unspecified atom stereocenters. The van der Waals surface area contributed by atoms with Crippen molar-refractivity contribution in [2.45, 2.75) is 38.6 Å². The molecule has 0 bridgehead atoms. The molecule has 4 rings (SSSR count). The molecule has 0 fully saturated rings. The number of carbonyl (C=O) groups is 1. The lowest BCUT2D eigenvalue weighted by Crippen LogP contribution is -2.40. The Hall–Kier alpha value is -4.31. The Balaban J connectivity index is 1.47. The Morgan fingerprint density at radius 1 is 1.18 bits per heavy atom. The monoisotopic (exact) mass is 526 g/mol. The van der Waals surface area contributed by atoms with E-state index in [0.717, 1.165) is 11.6 Å². The normalized spacial score (nSPS) is 13.4. The van der Waals surface area contributed by atoms with Crippen molar-refractivity contribution in [3.8, 4) is 6.07 Å². The van der Waals surface area contributed by atoms with Crippen molar-refractivity contribution in [1.82, 2.24) is 25.3 Å². The summed E-state index contributed by atoms with van der Waals surface area (Å²) in [6, 6.07) is 5.28. The van der Waals surface area contributed by atoms with Crippen molar-refractivity contribution in [2.75, 3.05) is 30.4 Å². The second-order valence-electron chi connectivity index (χ2n) is 9.22. The zero-order valence-corrected chi connectivity index (χ0v) is 20.9. The maximum atomic E-state index is 13.4. The molecule has 198 valence electrons. The standard InChI is InChI=1S/C25H25F3N8O2/c1-24(2,38-3)13-32-23(37)19-10-31-21(11-30-19)35-22-17-6-7-36(12-20(17)33-14-34-22)16-5-4-15(9-29)18(8-16)25(26,27)28/h4-5,8,10-11,14H,6-7,12-13H2,1-3H3,(H,32,37)(H,31,33,34,35). The molecule has 0 saturated heterocycles. The van der Waals surface area contributed by atoms with Gasteiger partial charge in [-0.3, -0.25) is 4.79 Å². The van der Waals surface area contributed by atoms with Gasteiger partial charge >= 0.3 is 6.18 Å². The summed E-state index contributed by atoms with van der Waals surface area (Å²) >= 11 is 0. The number of hydrogen-bond acceptors (Lipinski definition) is 9. The number of alkyl halides is 3. The summed E-state index contributed by atoms with van der Waals surface area (Å²) in [5.41, 5.74) is 0.0391. The van der Waals surface area contributed by atoms with Gasteiger partial charge in [-0.2, -0.15) is 18.4 Å². The van der Waals surface area contributed by atoms with E-state index in [-0.39, 0.29) is 18.1 Å². The van der Waals surface area contributed by atoms with Crippen molar-refractivity contribution >= 4 is 23.2 Å². The SMILES string of the molecule is COC(C)(C)CNC(=O)c1cnc(Nc2ncnc3c2CCN(c2ccc(C#N)c(C(F)(F)F)c2)C3)cn1. The number of nitriles is 1. The van der Waals surface area contributed by atoms with Gasteiger partial charge in [-0.25, -0.2) is 19.9 Å². The molecule has 2 aromatic heterocycles. The highest BCUT2D eigenvalue weighted by atomic mass is 19.4. The average Bonchev–Trinajstić information content (AvgIpc) is 2.91. The van der Waals surface area contributed by atoms with Gasteiger partial charge < -0.3 is 20.3 Å². The number of halogens is 3. The second kappa shape index (κ2) is 10.6. The minimum atomic E-state index is -4.63. The highest BCUT2D eigenvalue weighted by molar-refractivity contribution is 5.92. The Labute approximate surface area is 216 Å². The van der Waals surface area contributed by atoms with Crippen LogP contribution >= 0.6 is 0 Å². The quantitative estimate of drug-likeness (QED) is 0.474. The van der Waals surface area contributed by atoms with E-state index in [9.17, 15) is 18.0 Å². The number of methoxy groups -OCH3 is 1. The predicted molar refractivity (Wildman–Crippen MR) is 132 cm³/mol. The first-order valence-corrected chi connectivity index (χ1v) is 11.6. The van der Waals surface area contributed by atoms with Crippen LogP contribution < -0.4 is 15.5 Å². The molecule has 3 aromatic rings. The molecule has 0 saturated carbocycles. The van der Waals surface area contributed by atoms with Gasteiger partial charge in [-0.05, 0) is 38.5 Å². The van der Waals surface area contributed by atoms with E-state index >= 15 is 0 Å². The van der Waals surface area contributed by atoms with Gasteiger partial charge in [0.05, 0.1) is 47.4 Å². The Kier molecular flexibility index (Phi) is 7.45. The van der Waals surface area contributed by atoms with Crippen LogP contribution in [-0.4, -0.2) is 51.6 Å². The molecule has 0 aliphatic carbocycles. The molecule has 1 aliphatic heterocycles. The van der Waals surface area contributed by atoms with Crippen LogP contribution in [-0.2, 0) is 23.9 Å². The first-order chi connectivity index (χ1) is 18.0. The molecule has 0 atom stereocenters. The molecule has 1 amide bonds. The van der Waals surface area contributed by atoms with E-state index in [1.165, 1.54) is 30.9 Å². The van der Waals surface area contributed by atoms with E-state index in [1.54, 1.807) is 18.1 Å². The molecule has 0 spiro atoms. The third-order valence-corrected chi connectivity index (χ3v) is 6.16. The van der Waals surface area contributed by atoms with Crippen LogP contribution in [0.2, 0.25) is 0 Å². The van der Waals surface area contributed by atoms with Crippen LogP contribution in [0.1, 0.15) is 46.7 Å². The zero-order valence-electron chi connectivity index (χ0n) is 20.9. The van der Waals surface area contributed by atoms with Gasteiger partial charge in [0, 0.05) is 31.5 Å². The van der Waals surface area contributed by atoms with Crippen molar-refractivity contribution in [3.05, 3.63) is 65.0 Å². The number of ether oxygens (including phenoxy) is 1. The van der Waals surface area contributed by atoms with Crippen molar-refractivity contribution in [2.24, 2.45) is 0 Å². The molecule has 1 aromatic carbocycles. The zero-order chi connectivity index (χ0) is 27.5. The lowest BCUT2D eigenvalue weighted by atomic mass is 10.0. The van der Waals surface area contributed by atoms with Gasteiger partial charge in [-0.1, -0.05) is 0 Å². The van der Waals surface area contributed by atoms with Gasteiger partial charge in [0.15, 0.2) is 0 Å². The Morgan fingerprint density at radius 2 is 1.97 bits per heavy atom. The van der Waals surface area contributed by atoms with Crippen LogP contribution in [0, 0.1) is 11.3 Å². The number of rotatable bonds is 7. The Morgan fingerprint density at radius 3 is 2.63 bits per heavy atom. The Bertz CT molecular complexity index is 1370. The number of fused-ring (bicyclic) bond motifs is 1. The number of nitrogens with one attached hydrogen (secondary N) is 2. The summed E-state index contributed by atoms with van der Waals surface area (Å²) in [6.45, 7) is 4.67. The molecule has 38 heavy (non-hydrogen) atoms. The van der Waals surface area contributed by atoms with Crippen molar-refractivity contribution in [1.29, 1.82) is 5.26 Å². The summed E-state index contributed by atoms with van der Waals surface area (Å²) in [4.78, 5) is 31.1. The molecule has 10 nitrogen and oxygen atoms in total. The minimum Gasteiger partial charge on any atom is -0.377 e. The van der Waals surface area contributed by atoms with Crippen LogP contribution in [0.25, 0.3) is 0 Å². The van der Waals surface area contributed by atoms with Gasteiger partial charge in [0.1, 0.15) is 23.7 Å². The highest BCUT2D eigenvalue weighted by Gasteiger charge is 2.34. The summed E-state index contributed by atoms with van der Waals surface area (Å²) < 4.78 is 45.5. The van der Waals surface area contributed by atoms with Crippen LogP contribution in [0.5, 0.6) is 0 Å². The third kappa shape index (κ3) is 5.97. The predicted octanol–water partition coefficient (Wildman–Crippen LogP) is 3.62. The highest BCUT2D eigenvalue weighted by Crippen LogP contribution is 2.36. The second-order valence-corrected chi connectivity index (χ2v) is 9.22. The number of nitrogens with zero attached hydrogens (tertiary/aromatic N) is 6.